The minimum atomic E-state index is -0.644. The number of hydrogen-bond acceptors (Lipinski definition) is 4. The molecule has 5 nitrogen and oxygen atoms in total. The number of halogens is 1. The van der Waals surface area contributed by atoms with Gasteiger partial charge in [-0.2, -0.15) is 0 Å². The third-order valence-electron chi connectivity index (χ3n) is 3.87. The standard InChI is InChI=1S/C21H24ClNO4/c1-5-19(27-16-10-13(3)9-14(4)11-16)20(24)23-15-7-8-17(18(22)12-15)21(25)26-6-2/h7-12,19H,5-6H2,1-4H3,(H,23,24)/t19-/m0/s1. The fourth-order valence-electron chi connectivity index (χ4n) is 2.68. The summed E-state index contributed by atoms with van der Waals surface area (Å²) in [5.41, 5.74) is 2.89. The van der Waals surface area contributed by atoms with Gasteiger partial charge in [0.2, 0.25) is 0 Å². The predicted molar refractivity (Wildman–Crippen MR) is 107 cm³/mol. The van der Waals surface area contributed by atoms with E-state index in [0.29, 0.717) is 17.9 Å². The highest BCUT2D eigenvalue weighted by Crippen LogP contribution is 2.23. The number of carbonyl (C=O) groups is 2. The first kappa shape index (κ1) is 20.8. The van der Waals surface area contributed by atoms with Gasteiger partial charge in [-0.1, -0.05) is 24.6 Å². The van der Waals surface area contributed by atoms with Gasteiger partial charge in [0.05, 0.1) is 17.2 Å². The minimum Gasteiger partial charge on any atom is -0.481 e. The van der Waals surface area contributed by atoms with Gasteiger partial charge in [-0.3, -0.25) is 4.79 Å². The van der Waals surface area contributed by atoms with Crippen LogP contribution in [-0.4, -0.2) is 24.6 Å². The van der Waals surface area contributed by atoms with E-state index in [-0.39, 0.29) is 23.1 Å². The summed E-state index contributed by atoms with van der Waals surface area (Å²) in [6.07, 6.45) is -0.136. The van der Waals surface area contributed by atoms with Gasteiger partial charge in [-0.05, 0) is 68.7 Å². The zero-order valence-corrected chi connectivity index (χ0v) is 16.7. The average molecular weight is 390 g/mol. The van der Waals surface area contributed by atoms with Crippen LogP contribution in [0.15, 0.2) is 36.4 Å². The summed E-state index contributed by atoms with van der Waals surface area (Å²) < 4.78 is 10.8. The maximum absolute atomic E-state index is 12.6. The van der Waals surface area contributed by atoms with E-state index in [2.05, 4.69) is 5.32 Å². The molecule has 0 aromatic heterocycles. The Kier molecular flexibility index (Phi) is 7.25. The first-order valence-electron chi connectivity index (χ1n) is 8.86. The zero-order chi connectivity index (χ0) is 20.0. The van der Waals surface area contributed by atoms with E-state index >= 15 is 0 Å². The first-order chi connectivity index (χ1) is 12.8. The Morgan fingerprint density at radius 2 is 1.74 bits per heavy atom. The molecule has 0 unspecified atom stereocenters. The molecule has 0 bridgehead atoms. The Morgan fingerprint density at radius 1 is 1.07 bits per heavy atom. The summed E-state index contributed by atoms with van der Waals surface area (Å²) in [5.74, 6) is -0.119. The second-order valence-electron chi connectivity index (χ2n) is 6.24. The van der Waals surface area contributed by atoms with Gasteiger partial charge in [0.25, 0.3) is 5.91 Å². The molecule has 0 aliphatic heterocycles. The molecule has 27 heavy (non-hydrogen) atoms. The molecular formula is C21H24ClNO4. The second kappa shape index (κ2) is 9.42. The molecule has 0 fully saturated rings. The quantitative estimate of drug-likeness (QED) is 0.682. The molecule has 0 saturated carbocycles. The number of ether oxygens (including phenoxy) is 2. The van der Waals surface area contributed by atoms with E-state index < -0.39 is 12.1 Å². The van der Waals surface area contributed by atoms with E-state index in [1.807, 2.05) is 39.0 Å². The number of benzene rings is 2. The van der Waals surface area contributed by atoms with Gasteiger partial charge in [0, 0.05) is 5.69 Å². The van der Waals surface area contributed by atoms with Crippen molar-refractivity contribution in [2.24, 2.45) is 0 Å². The van der Waals surface area contributed by atoms with E-state index in [0.717, 1.165) is 11.1 Å². The van der Waals surface area contributed by atoms with Gasteiger partial charge in [0.15, 0.2) is 6.10 Å². The van der Waals surface area contributed by atoms with Crippen molar-refractivity contribution in [1.29, 1.82) is 0 Å². The maximum atomic E-state index is 12.6. The number of hydrogen-bond donors (Lipinski definition) is 1. The lowest BCUT2D eigenvalue weighted by Crippen LogP contribution is -2.32. The monoisotopic (exact) mass is 389 g/mol. The summed E-state index contributed by atoms with van der Waals surface area (Å²) in [6, 6.07) is 10.5. The lowest BCUT2D eigenvalue weighted by Gasteiger charge is -2.18. The molecule has 0 aliphatic carbocycles. The first-order valence-corrected chi connectivity index (χ1v) is 9.24. The van der Waals surface area contributed by atoms with Crippen molar-refractivity contribution in [2.75, 3.05) is 11.9 Å². The molecule has 2 rings (SSSR count). The van der Waals surface area contributed by atoms with Crippen LogP contribution < -0.4 is 10.1 Å². The SMILES string of the molecule is CCOC(=O)c1ccc(NC(=O)[C@H](CC)Oc2cc(C)cc(C)c2)cc1Cl. The van der Waals surface area contributed by atoms with Crippen LogP contribution in [0.25, 0.3) is 0 Å². The molecule has 1 atom stereocenters. The topological polar surface area (TPSA) is 64.6 Å². The molecule has 1 N–H and O–H groups in total. The molecule has 2 aromatic rings. The van der Waals surface area contributed by atoms with Crippen LogP contribution in [0.2, 0.25) is 5.02 Å². The van der Waals surface area contributed by atoms with Gasteiger partial charge in [0.1, 0.15) is 5.75 Å². The Hall–Kier alpha value is -2.53. The molecule has 0 aliphatic rings. The summed E-state index contributed by atoms with van der Waals surface area (Å²) >= 11 is 6.14. The highest BCUT2D eigenvalue weighted by Gasteiger charge is 2.20. The van der Waals surface area contributed by atoms with Crippen molar-refractivity contribution < 1.29 is 19.1 Å². The zero-order valence-electron chi connectivity index (χ0n) is 16.0. The molecular weight excluding hydrogens is 366 g/mol. The molecule has 2 aromatic carbocycles. The molecule has 0 saturated heterocycles. The van der Waals surface area contributed by atoms with Crippen LogP contribution >= 0.6 is 11.6 Å². The lowest BCUT2D eigenvalue weighted by molar-refractivity contribution is -0.122. The molecule has 0 radical (unpaired) electrons. The van der Waals surface area contributed by atoms with Crippen molar-refractivity contribution in [3.63, 3.8) is 0 Å². The maximum Gasteiger partial charge on any atom is 0.339 e. The van der Waals surface area contributed by atoms with Gasteiger partial charge < -0.3 is 14.8 Å². The third kappa shape index (κ3) is 5.73. The van der Waals surface area contributed by atoms with Gasteiger partial charge in [-0.25, -0.2) is 4.79 Å². The highest BCUT2D eigenvalue weighted by molar-refractivity contribution is 6.34. The van der Waals surface area contributed by atoms with Gasteiger partial charge in [-0.15, -0.1) is 0 Å². The van der Waals surface area contributed by atoms with Crippen molar-refractivity contribution >= 4 is 29.2 Å². The number of carbonyl (C=O) groups excluding carboxylic acids is 2. The Morgan fingerprint density at radius 3 is 2.30 bits per heavy atom. The van der Waals surface area contributed by atoms with Crippen LogP contribution in [0.1, 0.15) is 41.8 Å². The number of rotatable bonds is 7. The minimum absolute atomic E-state index is 0.217. The number of aryl methyl sites for hydroxylation is 2. The molecule has 6 heteroatoms. The average Bonchev–Trinajstić information content (AvgIpc) is 2.59. The summed E-state index contributed by atoms with van der Waals surface area (Å²) in [4.78, 5) is 24.4. The lowest BCUT2D eigenvalue weighted by atomic mass is 10.1. The third-order valence-corrected chi connectivity index (χ3v) is 4.18. The molecule has 0 spiro atoms. The number of esters is 1. The summed E-state index contributed by atoms with van der Waals surface area (Å²) in [7, 11) is 0. The Bertz CT molecular complexity index is 815. The normalized spacial score (nSPS) is 11.6. The van der Waals surface area contributed by atoms with Crippen molar-refractivity contribution in [3.05, 3.63) is 58.1 Å². The summed E-state index contributed by atoms with van der Waals surface area (Å²) in [6.45, 7) is 7.83. The van der Waals surface area contributed by atoms with Crippen LogP contribution in [0, 0.1) is 13.8 Å². The van der Waals surface area contributed by atoms with E-state index in [1.165, 1.54) is 12.1 Å². The van der Waals surface area contributed by atoms with Crippen molar-refractivity contribution in [1.82, 2.24) is 0 Å². The highest BCUT2D eigenvalue weighted by atomic mass is 35.5. The smallest absolute Gasteiger partial charge is 0.339 e. The second-order valence-corrected chi connectivity index (χ2v) is 6.65. The van der Waals surface area contributed by atoms with E-state index in [9.17, 15) is 9.59 Å². The van der Waals surface area contributed by atoms with E-state index in [4.69, 9.17) is 21.1 Å². The number of nitrogens with one attached hydrogen (secondary N) is 1. The molecule has 0 heterocycles. The fourth-order valence-corrected chi connectivity index (χ4v) is 2.94. The van der Waals surface area contributed by atoms with Gasteiger partial charge >= 0.3 is 5.97 Å². The van der Waals surface area contributed by atoms with Crippen molar-refractivity contribution in [3.8, 4) is 5.75 Å². The Balaban J connectivity index is 2.10. The molecule has 1 amide bonds. The predicted octanol–water partition coefficient (Wildman–Crippen LogP) is 4.93. The van der Waals surface area contributed by atoms with Crippen LogP contribution in [0.3, 0.4) is 0 Å². The Labute approximate surface area is 164 Å². The molecule has 144 valence electrons. The number of amides is 1. The van der Waals surface area contributed by atoms with Crippen LogP contribution in [-0.2, 0) is 9.53 Å². The van der Waals surface area contributed by atoms with E-state index in [1.54, 1.807) is 13.0 Å². The van der Waals surface area contributed by atoms with Crippen molar-refractivity contribution in [2.45, 2.75) is 40.2 Å². The van der Waals surface area contributed by atoms with Crippen LogP contribution in [0.4, 0.5) is 5.69 Å². The summed E-state index contributed by atoms with van der Waals surface area (Å²) in [5, 5.41) is 3.00. The van der Waals surface area contributed by atoms with Crippen LogP contribution in [0.5, 0.6) is 5.75 Å². The fraction of sp³-hybridized carbons (Fsp3) is 0.333. The largest absolute Gasteiger partial charge is 0.481 e. The number of anilines is 1.